The highest BCUT2D eigenvalue weighted by Crippen LogP contribution is 2.40. The third-order valence-corrected chi connectivity index (χ3v) is 9.02. The van der Waals surface area contributed by atoms with Crippen LogP contribution in [-0.2, 0) is 30.6 Å². The number of thioether (sulfide) groups is 2. The van der Waals surface area contributed by atoms with E-state index < -0.39 is 40.8 Å². The number of carbonyl (C=O) groups excluding carboxylic acids is 3. The number of pyridine rings is 1. The number of β-lactam (4-membered cyclic amide) rings is 1. The molecule has 16 heteroatoms. The number of oxime groups is 1. The lowest BCUT2D eigenvalue weighted by atomic mass is 10.0. The van der Waals surface area contributed by atoms with Crippen molar-refractivity contribution >= 4 is 69.5 Å². The summed E-state index contributed by atoms with van der Waals surface area (Å²) in [6, 6.07) is 2.82. The summed E-state index contributed by atoms with van der Waals surface area (Å²) in [6.45, 7) is 6.93. The molecule has 2 aliphatic heterocycles. The van der Waals surface area contributed by atoms with Gasteiger partial charge in [-0.25, -0.2) is 14.3 Å². The second kappa shape index (κ2) is 12.1. The molecule has 0 aliphatic carbocycles. The van der Waals surface area contributed by atoms with Gasteiger partial charge in [0, 0.05) is 39.0 Å². The molecule has 0 radical (unpaired) electrons. The van der Waals surface area contributed by atoms with Gasteiger partial charge in [0.15, 0.2) is 29.8 Å². The van der Waals surface area contributed by atoms with Gasteiger partial charge in [0.05, 0.1) is 11.7 Å². The molecule has 0 bridgehead atoms. The van der Waals surface area contributed by atoms with Gasteiger partial charge >= 0.3 is 5.97 Å². The van der Waals surface area contributed by atoms with Crippen LogP contribution in [0.4, 0.5) is 5.13 Å². The maximum atomic E-state index is 13.2. The summed E-state index contributed by atoms with van der Waals surface area (Å²) in [5.74, 6) is -4.01. The van der Waals surface area contributed by atoms with E-state index >= 15 is 0 Å². The van der Waals surface area contributed by atoms with Crippen LogP contribution in [-0.4, -0.2) is 72.5 Å². The monoisotopic (exact) mass is 620 g/mol. The predicted molar refractivity (Wildman–Crippen MR) is 151 cm³/mol. The molecule has 13 nitrogen and oxygen atoms in total. The second-order valence-corrected chi connectivity index (χ2v) is 13.5. The summed E-state index contributed by atoms with van der Waals surface area (Å²) in [5.41, 5.74) is 3.86. The average Bonchev–Trinajstić information content (AvgIpc) is 3.33. The minimum Gasteiger partial charge on any atom is -0.543 e. The van der Waals surface area contributed by atoms with Crippen LogP contribution in [0.15, 0.2) is 51.2 Å². The van der Waals surface area contributed by atoms with Crippen molar-refractivity contribution in [2.24, 2.45) is 5.16 Å². The van der Waals surface area contributed by atoms with Crippen LogP contribution < -0.4 is 20.7 Å². The van der Waals surface area contributed by atoms with Gasteiger partial charge < -0.3 is 30.9 Å². The van der Waals surface area contributed by atoms with Gasteiger partial charge in [-0.15, -0.1) is 34.9 Å². The van der Waals surface area contributed by atoms with Gasteiger partial charge in [-0.05, 0) is 13.8 Å². The van der Waals surface area contributed by atoms with Crippen molar-refractivity contribution in [3.05, 3.63) is 46.9 Å². The van der Waals surface area contributed by atoms with Gasteiger partial charge in [-0.2, -0.15) is 0 Å². The van der Waals surface area contributed by atoms with E-state index in [0.717, 1.165) is 21.1 Å². The first kappa shape index (κ1) is 30.3. The molecule has 218 valence electrons. The predicted octanol–water partition coefficient (Wildman–Crippen LogP) is 0.201. The Hall–Kier alpha value is -3.63. The van der Waals surface area contributed by atoms with Gasteiger partial charge in [-0.1, -0.05) is 19.0 Å². The fourth-order valence-corrected chi connectivity index (χ4v) is 6.63. The largest absolute Gasteiger partial charge is 0.543 e. The van der Waals surface area contributed by atoms with Crippen LogP contribution >= 0.6 is 34.9 Å². The van der Waals surface area contributed by atoms with Crippen molar-refractivity contribution in [1.82, 2.24) is 15.2 Å². The molecule has 2 unspecified atom stereocenters. The summed E-state index contributed by atoms with van der Waals surface area (Å²) in [7, 11) is 0. The van der Waals surface area contributed by atoms with Gasteiger partial charge in [0.2, 0.25) is 5.60 Å². The molecule has 4 N–H and O–H groups in total. The molecule has 41 heavy (non-hydrogen) atoms. The maximum absolute atomic E-state index is 13.2. The van der Waals surface area contributed by atoms with E-state index in [2.05, 4.69) is 29.3 Å². The Morgan fingerprint density at radius 2 is 2.05 bits per heavy atom. The van der Waals surface area contributed by atoms with Crippen molar-refractivity contribution in [2.45, 2.75) is 61.4 Å². The molecule has 2 atom stereocenters. The minimum absolute atomic E-state index is 0.0264. The zero-order valence-electron chi connectivity index (χ0n) is 22.5. The lowest BCUT2D eigenvalue weighted by Crippen LogP contribution is -2.71. The number of carboxylic acid groups (broad SMARTS) is 2. The molecular formula is C25H28N6O7S3. The summed E-state index contributed by atoms with van der Waals surface area (Å²) in [6.07, 6.45) is 3.70. The third kappa shape index (κ3) is 6.65. The van der Waals surface area contributed by atoms with Crippen LogP contribution in [0.5, 0.6) is 0 Å². The highest BCUT2D eigenvalue weighted by molar-refractivity contribution is 8.00. The number of thiazole rings is 1. The van der Waals surface area contributed by atoms with Gasteiger partial charge in [0.25, 0.3) is 11.8 Å². The van der Waals surface area contributed by atoms with Gasteiger partial charge in [-0.3, -0.25) is 14.5 Å². The number of nitrogens with two attached hydrogens (primary N) is 1. The minimum atomic E-state index is -1.76. The van der Waals surface area contributed by atoms with Crippen molar-refractivity contribution in [3.8, 4) is 0 Å². The second-order valence-electron chi connectivity index (χ2n) is 9.89. The van der Waals surface area contributed by atoms with Crippen LogP contribution in [0.25, 0.3) is 0 Å². The molecule has 2 aromatic rings. The molecule has 0 spiro atoms. The van der Waals surface area contributed by atoms with E-state index in [-0.39, 0.29) is 28.8 Å². The Bertz CT molecular complexity index is 1440. The van der Waals surface area contributed by atoms with E-state index in [1.54, 1.807) is 11.8 Å². The van der Waals surface area contributed by atoms with Crippen LogP contribution in [0.3, 0.4) is 0 Å². The molecule has 4 rings (SSSR count). The number of nitrogens with zero attached hydrogens (tertiary/aromatic N) is 4. The zero-order chi connectivity index (χ0) is 30.1. The average molecular weight is 621 g/mol. The molecule has 2 aliphatic rings. The van der Waals surface area contributed by atoms with Crippen molar-refractivity contribution in [1.29, 1.82) is 0 Å². The Balaban J connectivity index is 1.52. The Kier molecular flexibility index (Phi) is 8.94. The summed E-state index contributed by atoms with van der Waals surface area (Å²) >= 11 is 4.04. The number of carboxylic acids is 2. The number of hydrogen-bond donors (Lipinski definition) is 3. The lowest BCUT2D eigenvalue weighted by Gasteiger charge is -2.50. The number of aliphatic carboxylic acids is 2. The van der Waals surface area contributed by atoms with E-state index in [4.69, 9.17) is 10.6 Å². The molecule has 2 aromatic heterocycles. The summed E-state index contributed by atoms with van der Waals surface area (Å²) < 4.78 is 1.83. The lowest BCUT2D eigenvalue weighted by molar-refractivity contribution is -0.689. The molecular weight excluding hydrogens is 593 g/mol. The van der Waals surface area contributed by atoms with Crippen LogP contribution in [0.1, 0.15) is 33.4 Å². The Morgan fingerprint density at radius 1 is 1.37 bits per heavy atom. The van der Waals surface area contributed by atoms with Crippen molar-refractivity contribution in [3.63, 3.8) is 0 Å². The standard InChI is InChI=1S/C25H28N6O7S3/c1-12(2)41-14-5-7-30(8-6-14)9-13-10-39-21-17(20(33)31(21)18(13)22(34)35)28-19(32)16(15-11-40-24(26)27-15)29-38-25(3,4)23(36)37/h5-8,11-12,17,21H,9-10H2,1-4H3,(H4-,26,27,28,32,34,35,36,37)/b29-16-. The van der Waals surface area contributed by atoms with Crippen molar-refractivity contribution < 1.29 is 38.8 Å². The fourth-order valence-electron chi connectivity index (χ4n) is 3.92. The van der Waals surface area contributed by atoms with Crippen molar-refractivity contribution in [2.75, 3.05) is 11.5 Å². The summed E-state index contributed by atoms with van der Waals surface area (Å²) in [5, 5.41) is 29.0. The van der Waals surface area contributed by atoms with E-state index in [0.29, 0.717) is 16.6 Å². The highest BCUT2D eigenvalue weighted by Gasteiger charge is 2.53. The molecule has 1 saturated heterocycles. The molecule has 0 aromatic carbocycles. The number of rotatable bonds is 11. The number of amides is 2. The maximum Gasteiger partial charge on any atom is 0.350 e. The fraction of sp³-hybridized carbons (Fsp3) is 0.400. The highest BCUT2D eigenvalue weighted by atomic mass is 32.2. The topological polar surface area (TPSA) is 191 Å². The normalized spacial score (nSPS) is 19.1. The van der Waals surface area contributed by atoms with Crippen LogP contribution in [0, 0.1) is 0 Å². The first-order chi connectivity index (χ1) is 19.3. The quantitative estimate of drug-likeness (QED) is 0.102. The smallest absolute Gasteiger partial charge is 0.350 e. The number of hydrogen-bond acceptors (Lipinski definition) is 12. The molecule has 2 amide bonds. The number of aromatic nitrogens is 2. The Labute approximate surface area is 247 Å². The third-order valence-electron chi connectivity index (χ3n) is 5.99. The number of anilines is 1. The van der Waals surface area contributed by atoms with Crippen LogP contribution in [0.2, 0.25) is 0 Å². The van der Waals surface area contributed by atoms with E-state index in [1.807, 2.05) is 29.1 Å². The SMILES string of the molecule is CC(C)Sc1cc[n+](CC2=C(C(=O)[O-])N3C(=O)C(NC(=O)/C(=N\OC(C)(C)C(=O)O)c4csc(N)n4)C3SC2)cc1. The molecule has 0 saturated carbocycles. The number of nitrogen functional groups attached to an aromatic ring is 1. The first-order valence-electron chi connectivity index (χ1n) is 12.3. The molecule has 4 heterocycles. The number of carbonyl (C=O) groups is 4. The van der Waals surface area contributed by atoms with E-state index in [9.17, 15) is 29.4 Å². The molecule has 1 fully saturated rings. The number of fused-ring (bicyclic) bond motifs is 1. The van der Waals surface area contributed by atoms with Gasteiger partial charge in [0.1, 0.15) is 17.1 Å². The first-order valence-corrected chi connectivity index (χ1v) is 15.1. The summed E-state index contributed by atoms with van der Waals surface area (Å²) in [4.78, 5) is 61.2. The van der Waals surface area contributed by atoms with E-state index in [1.165, 1.54) is 31.0 Å². The number of nitrogens with one attached hydrogen (secondary N) is 1. The zero-order valence-corrected chi connectivity index (χ0v) is 25.0. The Morgan fingerprint density at radius 3 is 2.61 bits per heavy atom.